The summed E-state index contributed by atoms with van der Waals surface area (Å²) in [5.74, 6) is 0. The zero-order valence-electron chi connectivity index (χ0n) is 8.98. The Labute approximate surface area is 94.1 Å². The van der Waals surface area contributed by atoms with E-state index in [1.807, 2.05) is 0 Å². The van der Waals surface area contributed by atoms with Gasteiger partial charge in [-0.2, -0.15) is 0 Å². The van der Waals surface area contributed by atoms with Gasteiger partial charge in [-0.15, -0.1) is 11.3 Å². The van der Waals surface area contributed by atoms with E-state index in [-0.39, 0.29) is 6.10 Å². The fraction of sp³-hybridized carbons (Fsp3) is 0.700. The van der Waals surface area contributed by atoms with Gasteiger partial charge in [0.2, 0.25) is 0 Å². The quantitative estimate of drug-likeness (QED) is 0.823. The Balaban J connectivity index is 2.01. The van der Waals surface area contributed by atoms with Crippen molar-refractivity contribution in [2.45, 2.75) is 12.5 Å². The van der Waals surface area contributed by atoms with E-state index >= 15 is 0 Å². The van der Waals surface area contributed by atoms with Crippen molar-refractivity contribution >= 4 is 11.3 Å². The Kier molecular flexibility index (Phi) is 3.69. The first-order valence-electron chi connectivity index (χ1n) is 5.24. The van der Waals surface area contributed by atoms with Gasteiger partial charge in [0.05, 0.1) is 12.3 Å². The van der Waals surface area contributed by atoms with E-state index < -0.39 is 0 Å². The van der Waals surface area contributed by atoms with Gasteiger partial charge in [0.25, 0.3) is 0 Å². The molecule has 2 heterocycles. The molecular formula is C10H17N3OS. The van der Waals surface area contributed by atoms with Crippen LogP contribution in [0.25, 0.3) is 0 Å². The fourth-order valence-electron chi connectivity index (χ4n) is 1.66. The zero-order chi connectivity index (χ0) is 10.7. The summed E-state index contributed by atoms with van der Waals surface area (Å²) in [6.07, 6.45) is 1.01. The second kappa shape index (κ2) is 5.03. The molecule has 0 amide bonds. The summed E-state index contributed by atoms with van der Waals surface area (Å²) in [4.78, 5) is 6.82. The number of nitrogens with zero attached hydrogens (tertiary/aromatic N) is 2. The van der Waals surface area contributed by atoms with Crippen molar-refractivity contribution in [3.63, 3.8) is 0 Å². The number of thiazole rings is 1. The molecule has 2 N–H and O–H groups in total. The van der Waals surface area contributed by atoms with E-state index in [1.165, 1.54) is 0 Å². The van der Waals surface area contributed by atoms with Crippen molar-refractivity contribution in [3.8, 4) is 0 Å². The standard InChI is InChI=1S/C10H17N3OS/c1-13-4-5-14-9(6-13)10-12-8(2-3-11)7-15-10/h7,9H,2-6,11H2,1H3. The molecule has 1 aromatic heterocycles. The number of aromatic nitrogens is 1. The molecule has 1 fully saturated rings. The van der Waals surface area contributed by atoms with Crippen LogP contribution in [0.2, 0.25) is 0 Å². The van der Waals surface area contributed by atoms with E-state index in [0.717, 1.165) is 36.8 Å². The first kappa shape index (κ1) is 11.0. The summed E-state index contributed by atoms with van der Waals surface area (Å²) < 4.78 is 5.70. The molecule has 0 aliphatic carbocycles. The summed E-state index contributed by atoms with van der Waals surface area (Å²) in [7, 11) is 2.12. The molecule has 4 nitrogen and oxygen atoms in total. The Morgan fingerprint density at radius 2 is 2.60 bits per heavy atom. The molecule has 5 heteroatoms. The van der Waals surface area contributed by atoms with E-state index in [9.17, 15) is 0 Å². The van der Waals surface area contributed by atoms with Gasteiger partial charge in [0, 0.05) is 24.9 Å². The SMILES string of the molecule is CN1CCOC(c2nc(CCN)cs2)C1. The summed E-state index contributed by atoms with van der Waals surface area (Å²) >= 11 is 1.68. The number of rotatable bonds is 3. The van der Waals surface area contributed by atoms with Crippen molar-refractivity contribution in [2.24, 2.45) is 5.73 Å². The third-order valence-corrected chi connectivity index (χ3v) is 3.50. The van der Waals surface area contributed by atoms with Gasteiger partial charge >= 0.3 is 0 Å². The molecule has 0 spiro atoms. The van der Waals surface area contributed by atoms with Crippen molar-refractivity contribution in [1.82, 2.24) is 9.88 Å². The first-order valence-corrected chi connectivity index (χ1v) is 6.12. The second-order valence-electron chi connectivity index (χ2n) is 3.84. The summed E-state index contributed by atoms with van der Waals surface area (Å²) in [6.45, 7) is 3.41. The lowest BCUT2D eigenvalue weighted by atomic mass is 10.3. The lowest BCUT2D eigenvalue weighted by molar-refractivity contribution is -0.0210. The first-order chi connectivity index (χ1) is 7.29. The topological polar surface area (TPSA) is 51.4 Å². The van der Waals surface area contributed by atoms with Gasteiger partial charge in [-0.25, -0.2) is 4.98 Å². The Bertz CT molecular complexity index is 315. The average Bonchev–Trinajstić information content (AvgIpc) is 2.67. The van der Waals surface area contributed by atoms with Crippen molar-refractivity contribution < 1.29 is 4.74 Å². The van der Waals surface area contributed by atoms with Gasteiger partial charge < -0.3 is 15.4 Å². The molecule has 1 atom stereocenters. The maximum Gasteiger partial charge on any atom is 0.123 e. The summed E-state index contributed by atoms with van der Waals surface area (Å²) in [5.41, 5.74) is 6.59. The van der Waals surface area contributed by atoms with Crippen LogP contribution < -0.4 is 5.73 Å². The molecule has 2 rings (SSSR count). The lowest BCUT2D eigenvalue weighted by Crippen LogP contribution is -2.35. The van der Waals surface area contributed by atoms with Crippen LogP contribution in [-0.2, 0) is 11.2 Å². The molecule has 1 saturated heterocycles. The molecule has 15 heavy (non-hydrogen) atoms. The second-order valence-corrected chi connectivity index (χ2v) is 4.73. The largest absolute Gasteiger partial charge is 0.368 e. The molecule has 1 aliphatic heterocycles. The van der Waals surface area contributed by atoms with Crippen LogP contribution in [0, 0.1) is 0 Å². The van der Waals surface area contributed by atoms with Crippen LogP contribution >= 0.6 is 11.3 Å². The molecule has 0 bridgehead atoms. The van der Waals surface area contributed by atoms with Crippen LogP contribution in [0.4, 0.5) is 0 Å². The predicted molar refractivity (Wildman–Crippen MR) is 61.1 cm³/mol. The van der Waals surface area contributed by atoms with Gasteiger partial charge in [-0.1, -0.05) is 0 Å². The molecule has 0 radical (unpaired) electrons. The minimum atomic E-state index is 0.153. The normalized spacial score (nSPS) is 23.2. The van der Waals surface area contributed by atoms with Crippen molar-refractivity contribution in [2.75, 3.05) is 33.3 Å². The molecular weight excluding hydrogens is 210 g/mol. The lowest BCUT2D eigenvalue weighted by Gasteiger charge is -2.28. The molecule has 0 aromatic carbocycles. The van der Waals surface area contributed by atoms with Crippen molar-refractivity contribution in [3.05, 3.63) is 16.1 Å². The highest BCUT2D eigenvalue weighted by atomic mass is 32.1. The number of nitrogens with two attached hydrogens (primary N) is 1. The van der Waals surface area contributed by atoms with Gasteiger partial charge in [0.1, 0.15) is 11.1 Å². The average molecular weight is 227 g/mol. The molecule has 0 saturated carbocycles. The van der Waals surface area contributed by atoms with Crippen LogP contribution in [0.1, 0.15) is 16.8 Å². The van der Waals surface area contributed by atoms with Crippen LogP contribution in [0.3, 0.4) is 0 Å². The van der Waals surface area contributed by atoms with Crippen LogP contribution in [0.15, 0.2) is 5.38 Å². The van der Waals surface area contributed by atoms with Crippen LogP contribution in [0.5, 0.6) is 0 Å². The third-order valence-electron chi connectivity index (χ3n) is 2.51. The summed E-state index contributed by atoms with van der Waals surface area (Å²) in [5, 5.41) is 3.17. The minimum absolute atomic E-state index is 0.153. The Morgan fingerprint density at radius 3 is 3.33 bits per heavy atom. The zero-order valence-corrected chi connectivity index (χ0v) is 9.80. The highest BCUT2D eigenvalue weighted by Crippen LogP contribution is 2.24. The monoisotopic (exact) mass is 227 g/mol. The smallest absolute Gasteiger partial charge is 0.123 e. The van der Waals surface area contributed by atoms with E-state index in [1.54, 1.807) is 11.3 Å². The van der Waals surface area contributed by atoms with E-state index in [2.05, 4.69) is 22.3 Å². The predicted octanol–water partition coefficient (Wildman–Crippen LogP) is 0.647. The Morgan fingerprint density at radius 1 is 1.73 bits per heavy atom. The highest BCUT2D eigenvalue weighted by molar-refractivity contribution is 7.09. The number of morpholine rings is 1. The van der Waals surface area contributed by atoms with Crippen molar-refractivity contribution in [1.29, 1.82) is 0 Å². The fourth-order valence-corrected chi connectivity index (χ4v) is 2.55. The number of hydrogen-bond acceptors (Lipinski definition) is 5. The van der Waals surface area contributed by atoms with Crippen LogP contribution in [-0.4, -0.2) is 43.2 Å². The van der Waals surface area contributed by atoms with Gasteiger partial charge in [0.15, 0.2) is 0 Å². The Hall–Kier alpha value is -0.490. The van der Waals surface area contributed by atoms with Gasteiger partial charge in [-0.3, -0.25) is 0 Å². The third kappa shape index (κ3) is 2.75. The van der Waals surface area contributed by atoms with E-state index in [4.69, 9.17) is 10.5 Å². The number of ether oxygens (including phenoxy) is 1. The molecule has 1 aromatic rings. The molecule has 1 aliphatic rings. The molecule has 84 valence electrons. The maximum atomic E-state index is 5.70. The van der Waals surface area contributed by atoms with Gasteiger partial charge in [-0.05, 0) is 13.6 Å². The highest BCUT2D eigenvalue weighted by Gasteiger charge is 2.22. The maximum absolute atomic E-state index is 5.70. The minimum Gasteiger partial charge on any atom is -0.368 e. The number of likely N-dealkylation sites (N-methyl/N-ethyl adjacent to an activating group) is 1. The summed E-state index contributed by atoms with van der Waals surface area (Å²) in [6, 6.07) is 0. The molecule has 1 unspecified atom stereocenters. The van der Waals surface area contributed by atoms with E-state index in [0.29, 0.717) is 6.54 Å². The number of hydrogen-bond donors (Lipinski definition) is 1.